The van der Waals surface area contributed by atoms with Crippen LogP contribution in [0.1, 0.15) is 24.8 Å². The number of hydrogen-bond acceptors (Lipinski definition) is 2. The minimum absolute atomic E-state index is 0.00578. The Morgan fingerprint density at radius 3 is 2.65 bits per heavy atom. The van der Waals surface area contributed by atoms with E-state index in [4.69, 9.17) is 16.7 Å². The minimum atomic E-state index is -0.874. The Labute approximate surface area is 122 Å². The van der Waals surface area contributed by atoms with Gasteiger partial charge in [-0.1, -0.05) is 23.7 Å². The van der Waals surface area contributed by atoms with Crippen molar-refractivity contribution < 1.29 is 14.7 Å². The molecule has 0 radical (unpaired) electrons. The number of hydrogen-bond donors (Lipinski definition) is 2. The summed E-state index contributed by atoms with van der Waals surface area (Å²) < 4.78 is 0. The summed E-state index contributed by atoms with van der Waals surface area (Å²) in [6, 6.07) is 7.72. The molecule has 0 aromatic heterocycles. The molecule has 2 unspecified atom stereocenters. The summed E-state index contributed by atoms with van der Waals surface area (Å²) in [6.07, 6.45) is 2.52. The van der Waals surface area contributed by atoms with E-state index in [0.29, 0.717) is 18.0 Å². The average molecular weight is 294 g/mol. The monoisotopic (exact) mass is 293 g/mol. The van der Waals surface area contributed by atoms with Gasteiger partial charge in [0.15, 0.2) is 0 Å². The molecule has 5 heteroatoms. The third-order valence-corrected chi connectivity index (χ3v) is 4.57. The molecule has 2 aliphatic carbocycles. The highest BCUT2D eigenvalue weighted by atomic mass is 35.5. The summed E-state index contributed by atoms with van der Waals surface area (Å²) in [7, 11) is 0. The smallest absolute Gasteiger partial charge is 0.307 e. The van der Waals surface area contributed by atoms with Crippen LogP contribution in [-0.4, -0.2) is 23.5 Å². The maximum atomic E-state index is 11.9. The normalized spacial score (nSPS) is 25.9. The maximum Gasteiger partial charge on any atom is 0.307 e. The molecule has 1 aromatic carbocycles. The summed E-state index contributed by atoms with van der Waals surface area (Å²) in [4.78, 5) is 22.6. The van der Waals surface area contributed by atoms with Crippen LogP contribution < -0.4 is 5.32 Å². The van der Waals surface area contributed by atoms with Gasteiger partial charge in [0.2, 0.25) is 5.91 Å². The van der Waals surface area contributed by atoms with Crippen LogP contribution in [-0.2, 0) is 15.0 Å². The number of carboxylic acids is 1. The molecule has 20 heavy (non-hydrogen) atoms. The van der Waals surface area contributed by atoms with Crippen LogP contribution in [0.4, 0.5) is 0 Å². The third kappa shape index (κ3) is 2.52. The molecule has 0 heterocycles. The Bertz CT molecular complexity index is 568. The number of nitrogens with one attached hydrogen (secondary N) is 1. The molecule has 2 aliphatic rings. The van der Waals surface area contributed by atoms with E-state index >= 15 is 0 Å². The number of aliphatic carboxylic acids is 1. The molecule has 1 aromatic rings. The van der Waals surface area contributed by atoms with Crippen LogP contribution >= 0.6 is 11.6 Å². The molecule has 2 saturated carbocycles. The van der Waals surface area contributed by atoms with Crippen molar-refractivity contribution in [3.8, 4) is 0 Å². The average Bonchev–Trinajstić information content (AvgIpc) is 3.29. The molecule has 0 spiro atoms. The van der Waals surface area contributed by atoms with E-state index in [0.717, 1.165) is 18.4 Å². The van der Waals surface area contributed by atoms with Gasteiger partial charge in [-0.05, 0) is 37.0 Å². The van der Waals surface area contributed by atoms with Crippen molar-refractivity contribution in [1.82, 2.24) is 5.32 Å². The van der Waals surface area contributed by atoms with E-state index in [-0.39, 0.29) is 17.2 Å². The Hall–Kier alpha value is -1.55. The fraction of sp³-hybridized carbons (Fsp3) is 0.467. The van der Waals surface area contributed by atoms with Gasteiger partial charge in [-0.15, -0.1) is 0 Å². The zero-order chi connectivity index (χ0) is 14.3. The number of amides is 1. The van der Waals surface area contributed by atoms with E-state index < -0.39 is 11.9 Å². The number of halogens is 1. The van der Waals surface area contributed by atoms with E-state index in [2.05, 4.69) is 5.32 Å². The minimum Gasteiger partial charge on any atom is -0.481 e. The predicted molar refractivity (Wildman–Crippen MR) is 74.6 cm³/mol. The van der Waals surface area contributed by atoms with E-state index in [1.165, 1.54) is 0 Å². The Kier molecular flexibility index (Phi) is 3.21. The van der Waals surface area contributed by atoms with Gasteiger partial charge in [0.05, 0.1) is 11.8 Å². The standard InChI is InChI=1S/C15H16ClNO3/c16-10-3-1-2-9(6-10)15(4-5-15)8-17-13(18)11-7-12(11)14(19)20/h1-3,6,11-12H,4-5,7-8H2,(H,17,18)(H,19,20). The van der Waals surface area contributed by atoms with Crippen molar-refractivity contribution >= 4 is 23.5 Å². The topological polar surface area (TPSA) is 66.4 Å². The van der Waals surface area contributed by atoms with Crippen LogP contribution in [0.5, 0.6) is 0 Å². The maximum absolute atomic E-state index is 11.9. The highest BCUT2D eigenvalue weighted by Gasteiger charge is 2.50. The molecule has 2 atom stereocenters. The van der Waals surface area contributed by atoms with Gasteiger partial charge in [-0.2, -0.15) is 0 Å². The van der Waals surface area contributed by atoms with Crippen LogP contribution in [0, 0.1) is 11.8 Å². The van der Waals surface area contributed by atoms with Crippen LogP contribution in [0.3, 0.4) is 0 Å². The fourth-order valence-corrected chi connectivity index (χ4v) is 2.87. The molecule has 0 saturated heterocycles. The Balaban J connectivity index is 1.59. The van der Waals surface area contributed by atoms with Gasteiger partial charge in [0, 0.05) is 17.0 Å². The molecule has 2 N–H and O–H groups in total. The molecule has 0 aliphatic heterocycles. The van der Waals surface area contributed by atoms with Gasteiger partial charge >= 0.3 is 5.97 Å². The second-order valence-electron chi connectivity index (χ2n) is 5.80. The summed E-state index contributed by atoms with van der Waals surface area (Å²) >= 11 is 6.00. The molecule has 2 fully saturated rings. The number of carboxylic acid groups (broad SMARTS) is 1. The van der Waals surface area contributed by atoms with E-state index in [1.807, 2.05) is 24.3 Å². The third-order valence-electron chi connectivity index (χ3n) is 4.34. The Morgan fingerprint density at radius 2 is 2.10 bits per heavy atom. The second-order valence-corrected chi connectivity index (χ2v) is 6.23. The molecule has 0 bridgehead atoms. The summed E-state index contributed by atoms with van der Waals surface area (Å²) in [6.45, 7) is 0.564. The van der Waals surface area contributed by atoms with Gasteiger partial charge < -0.3 is 10.4 Å². The van der Waals surface area contributed by atoms with E-state index in [1.54, 1.807) is 0 Å². The molecule has 3 rings (SSSR count). The van der Waals surface area contributed by atoms with Gasteiger partial charge in [-0.25, -0.2) is 0 Å². The van der Waals surface area contributed by atoms with Crippen molar-refractivity contribution in [3.05, 3.63) is 34.9 Å². The van der Waals surface area contributed by atoms with Crippen molar-refractivity contribution in [2.75, 3.05) is 6.54 Å². The van der Waals surface area contributed by atoms with Gasteiger partial charge in [-0.3, -0.25) is 9.59 Å². The van der Waals surface area contributed by atoms with E-state index in [9.17, 15) is 9.59 Å². The first-order valence-electron chi connectivity index (χ1n) is 6.78. The zero-order valence-electron chi connectivity index (χ0n) is 10.9. The molecule has 106 valence electrons. The number of benzene rings is 1. The lowest BCUT2D eigenvalue weighted by Crippen LogP contribution is -2.34. The van der Waals surface area contributed by atoms with Crippen molar-refractivity contribution in [2.24, 2.45) is 11.8 Å². The Morgan fingerprint density at radius 1 is 1.35 bits per heavy atom. The first-order chi connectivity index (χ1) is 9.52. The lowest BCUT2D eigenvalue weighted by atomic mass is 9.96. The van der Waals surface area contributed by atoms with Crippen molar-refractivity contribution in [1.29, 1.82) is 0 Å². The molecular formula is C15H16ClNO3. The summed E-state index contributed by atoms with van der Waals surface area (Å²) in [5.41, 5.74) is 1.14. The SMILES string of the molecule is O=C(O)C1CC1C(=O)NCC1(c2cccc(Cl)c2)CC1. The van der Waals surface area contributed by atoms with Crippen LogP contribution in [0.25, 0.3) is 0 Å². The molecule has 4 nitrogen and oxygen atoms in total. The number of carbonyl (C=O) groups excluding carboxylic acids is 1. The van der Waals surface area contributed by atoms with Crippen molar-refractivity contribution in [2.45, 2.75) is 24.7 Å². The largest absolute Gasteiger partial charge is 0.481 e. The van der Waals surface area contributed by atoms with Crippen LogP contribution in [0.15, 0.2) is 24.3 Å². The highest BCUT2D eigenvalue weighted by Crippen LogP contribution is 2.48. The van der Waals surface area contributed by atoms with Gasteiger partial charge in [0.1, 0.15) is 0 Å². The number of carbonyl (C=O) groups is 2. The quantitative estimate of drug-likeness (QED) is 0.875. The molecule has 1 amide bonds. The summed E-state index contributed by atoms with van der Waals surface area (Å²) in [5.74, 6) is -1.84. The predicted octanol–water partition coefficient (Wildman–Crippen LogP) is 2.21. The number of rotatable bonds is 5. The first-order valence-corrected chi connectivity index (χ1v) is 7.16. The highest BCUT2D eigenvalue weighted by molar-refractivity contribution is 6.30. The first kappa shape index (κ1) is 13.4. The molecular weight excluding hydrogens is 278 g/mol. The van der Waals surface area contributed by atoms with Gasteiger partial charge in [0.25, 0.3) is 0 Å². The zero-order valence-corrected chi connectivity index (χ0v) is 11.7. The fourth-order valence-electron chi connectivity index (χ4n) is 2.68. The van der Waals surface area contributed by atoms with Crippen molar-refractivity contribution in [3.63, 3.8) is 0 Å². The lowest BCUT2D eigenvalue weighted by Gasteiger charge is -2.17. The second kappa shape index (κ2) is 4.77. The summed E-state index contributed by atoms with van der Waals surface area (Å²) in [5, 5.41) is 12.4. The van der Waals surface area contributed by atoms with Crippen LogP contribution in [0.2, 0.25) is 5.02 Å². The lowest BCUT2D eigenvalue weighted by molar-refractivity contribution is -0.140.